The van der Waals surface area contributed by atoms with Gasteiger partial charge in [0.25, 0.3) is 5.91 Å². The molecule has 0 aliphatic heterocycles. The molecule has 0 spiro atoms. The van der Waals surface area contributed by atoms with E-state index in [0.29, 0.717) is 29.3 Å². The molecule has 3 rings (SSSR count). The van der Waals surface area contributed by atoms with Gasteiger partial charge in [-0.15, -0.1) is 0 Å². The number of nitrogens with two attached hydrogens (primary N) is 1. The van der Waals surface area contributed by atoms with Crippen molar-refractivity contribution >= 4 is 17.3 Å². The van der Waals surface area contributed by atoms with E-state index < -0.39 is 5.95 Å². The number of aromatic nitrogens is 2. The van der Waals surface area contributed by atoms with E-state index in [1.165, 1.54) is 12.3 Å². The number of ether oxygens (including phenoxy) is 1. The number of halogens is 1. The van der Waals surface area contributed by atoms with Crippen molar-refractivity contribution in [2.45, 2.75) is 20.3 Å². The molecule has 2 heterocycles. The van der Waals surface area contributed by atoms with E-state index in [0.717, 1.165) is 17.5 Å². The first kappa shape index (κ1) is 19.3. The second-order valence-corrected chi connectivity index (χ2v) is 6.31. The summed E-state index contributed by atoms with van der Waals surface area (Å²) in [6.07, 6.45) is 3.86. The standard InChI is InChI=1S/C21H21FN4O2/c1-3-8-28-19-12-24-18(9-13(19)2)21(27)26-17-10-14(4-6-16(17)23)15-5-7-20(22)25-11-15/h4-7,9-12H,3,8,23H2,1-2H3,(H,26,27). The number of aryl methyl sites for hydroxylation is 1. The maximum absolute atomic E-state index is 13.0. The molecule has 0 saturated heterocycles. The molecular weight excluding hydrogens is 359 g/mol. The zero-order chi connectivity index (χ0) is 20.1. The molecule has 0 radical (unpaired) electrons. The van der Waals surface area contributed by atoms with Gasteiger partial charge in [-0.1, -0.05) is 13.0 Å². The van der Waals surface area contributed by atoms with Crippen molar-refractivity contribution in [3.63, 3.8) is 0 Å². The van der Waals surface area contributed by atoms with Crippen LogP contribution in [0.15, 0.2) is 48.8 Å². The number of anilines is 2. The summed E-state index contributed by atoms with van der Waals surface area (Å²) >= 11 is 0. The molecule has 6 nitrogen and oxygen atoms in total. The summed E-state index contributed by atoms with van der Waals surface area (Å²) in [5, 5.41) is 2.78. The van der Waals surface area contributed by atoms with Crippen LogP contribution in [0.1, 0.15) is 29.4 Å². The van der Waals surface area contributed by atoms with Gasteiger partial charge in [0.2, 0.25) is 5.95 Å². The van der Waals surface area contributed by atoms with Crippen LogP contribution < -0.4 is 15.8 Å². The number of hydrogen-bond donors (Lipinski definition) is 2. The summed E-state index contributed by atoms with van der Waals surface area (Å²) < 4.78 is 18.6. The highest BCUT2D eigenvalue weighted by molar-refractivity contribution is 6.05. The lowest BCUT2D eigenvalue weighted by Gasteiger charge is -2.12. The van der Waals surface area contributed by atoms with E-state index in [4.69, 9.17) is 10.5 Å². The zero-order valence-corrected chi connectivity index (χ0v) is 15.7. The third-order valence-corrected chi connectivity index (χ3v) is 4.12. The normalized spacial score (nSPS) is 10.5. The molecule has 0 unspecified atom stereocenters. The van der Waals surface area contributed by atoms with E-state index in [2.05, 4.69) is 15.3 Å². The van der Waals surface area contributed by atoms with Crippen molar-refractivity contribution in [3.05, 3.63) is 66.0 Å². The molecule has 144 valence electrons. The Hall–Kier alpha value is -3.48. The largest absolute Gasteiger partial charge is 0.492 e. The fourth-order valence-corrected chi connectivity index (χ4v) is 2.61. The topological polar surface area (TPSA) is 90.1 Å². The van der Waals surface area contributed by atoms with Gasteiger partial charge in [-0.2, -0.15) is 4.39 Å². The molecule has 7 heteroatoms. The Morgan fingerprint density at radius 3 is 2.61 bits per heavy atom. The van der Waals surface area contributed by atoms with Gasteiger partial charge in [0.15, 0.2) is 0 Å². The third-order valence-electron chi connectivity index (χ3n) is 4.12. The van der Waals surface area contributed by atoms with E-state index >= 15 is 0 Å². The summed E-state index contributed by atoms with van der Waals surface area (Å²) in [7, 11) is 0. The van der Waals surface area contributed by atoms with Crippen LogP contribution in [0.2, 0.25) is 0 Å². The van der Waals surface area contributed by atoms with Gasteiger partial charge in [-0.25, -0.2) is 9.97 Å². The van der Waals surface area contributed by atoms with Crippen molar-refractivity contribution in [1.82, 2.24) is 9.97 Å². The Kier molecular flexibility index (Phi) is 5.84. The Bertz CT molecular complexity index is 990. The minimum Gasteiger partial charge on any atom is -0.492 e. The Morgan fingerprint density at radius 2 is 1.93 bits per heavy atom. The van der Waals surface area contributed by atoms with Gasteiger partial charge in [-0.3, -0.25) is 4.79 Å². The average molecular weight is 380 g/mol. The third kappa shape index (κ3) is 4.43. The van der Waals surface area contributed by atoms with Gasteiger partial charge in [0.1, 0.15) is 11.4 Å². The maximum atomic E-state index is 13.0. The van der Waals surface area contributed by atoms with Gasteiger partial charge < -0.3 is 15.8 Å². The predicted molar refractivity (Wildman–Crippen MR) is 107 cm³/mol. The molecule has 0 fully saturated rings. The van der Waals surface area contributed by atoms with Crippen LogP contribution in [0.3, 0.4) is 0 Å². The molecule has 1 amide bonds. The molecule has 3 N–H and O–H groups in total. The number of nitrogen functional groups attached to an aromatic ring is 1. The van der Waals surface area contributed by atoms with Crippen LogP contribution >= 0.6 is 0 Å². The summed E-state index contributed by atoms with van der Waals surface area (Å²) in [4.78, 5) is 20.4. The van der Waals surface area contributed by atoms with Crippen LogP contribution in [0, 0.1) is 12.9 Å². The smallest absolute Gasteiger partial charge is 0.274 e. The molecule has 1 aromatic carbocycles. The Morgan fingerprint density at radius 1 is 1.14 bits per heavy atom. The fraction of sp³-hybridized carbons (Fsp3) is 0.190. The highest BCUT2D eigenvalue weighted by Crippen LogP contribution is 2.27. The molecule has 0 aliphatic rings. The maximum Gasteiger partial charge on any atom is 0.274 e. The number of carbonyl (C=O) groups is 1. The first-order chi connectivity index (χ1) is 13.5. The quantitative estimate of drug-likeness (QED) is 0.494. The number of benzene rings is 1. The van der Waals surface area contributed by atoms with Crippen LogP contribution in [0.25, 0.3) is 11.1 Å². The molecule has 3 aromatic rings. The Labute approximate surface area is 162 Å². The number of amides is 1. The van der Waals surface area contributed by atoms with E-state index in [9.17, 15) is 9.18 Å². The zero-order valence-electron chi connectivity index (χ0n) is 15.7. The van der Waals surface area contributed by atoms with Crippen molar-refractivity contribution in [3.8, 4) is 16.9 Å². The second-order valence-electron chi connectivity index (χ2n) is 6.31. The number of hydrogen-bond acceptors (Lipinski definition) is 5. The molecule has 0 aliphatic carbocycles. The lowest BCUT2D eigenvalue weighted by molar-refractivity contribution is 0.102. The summed E-state index contributed by atoms with van der Waals surface area (Å²) in [5.41, 5.74) is 9.40. The van der Waals surface area contributed by atoms with Crippen LogP contribution in [0.5, 0.6) is 5.75 Å². The summed E-state index contributed by atoms with van der Waals surface area (Å²) in [5.74, 6) is -0.282. The van der Waals surface area contributed by atoms with Gasteiger partial charge in [0.05, 0.1) is 24.2 Å². The minimum atomic E-state index is -0.555. The van der Waals surface area contributed by atoms with Crippen molar-refractivity contribution in [2.24, 2.45) is 0 Å². The lowest BCUT2D eigenvalue weighted by atomic mass is 10.1. The summed E-state index contributed by atoms with van der Waals surface area (Å²) in [6, 6.07) is 9.73. The monoisotopic (exact) mass is 380 g/mol. The van der Waals surface area contributed by atoms with Crippen molar-refractivity contribution < 1.29 is 13.9 Å². The van der Waals surface area contributed by atoms with E-state index in [1.807, 2.05) is 13.8 Å². The van der Waals surface area contributed by atoms with Crippen molar-refractivity contribution in [1.29, 1.82) is 0 Å². The molecule has 0 atom stereocenters. The average Bonchev–Trinajstić information content (AvgIpc) is 2.69. The lowest BCUT2D eigenvalue weighted by Crippen LogP contribution is -2.15. The number of pyridine rings is 2. The second kappa shape index (κ2) is 8.47. The van der Waals surface area contributed by atoms with Gasteiger partial charge in [0, 0.05) is 11.8 Å². The summed E-state index contributed by atoms with van der Waals surface area (Å²) in [6.45, 7) is 4.47. The molecule has 0 saturated carbocycles. The van der Waals surface area contributed by atoms with E-state index in [-0.39, 0.29) is 11.6 Å². The van der Waals surface area contributed by atoms with Crippen molar-refractivity contribution in [2.75, 3.05) is 17.7 Å². The van der Waals surface area contributed by atoms with Gasteiger partial charge >= 0.3 is 0 Å². The Balaban J connectivity index is 1.81. The number of nitrogens with zero attached hydrogens (tertiary/aromatic N) is 2. The predicted octanol–water partition coefficient (Wildman–Crippen LogP) is 4.21. The molecule has 28 heavy (non-hydrogen) atoms. The first-order valence-electron chi connectivity index (χ1n) is 8.90. The number of carbonyl (C=O) groups excluding carboxylic acids is 1. The first-order valence-corrected chi connectivity index (χ1v) is 8.90. The van der Waals surface area contributed by atoms with E-state index in [1.54, 1.807) is 36.5 Å². The highest BCUT2D eigenvalue weighted by Gasteiger charge is 2.13. The highest BCUT2D eigenvalue weighted by atomic mass is 19.1. The molecule has 0 bridgehead atoms. The van der Waals surface area contributed by atoms with Crippen LogP contribution in [-0.4, -0.2) is 22.5 Å². The van der Waals surface area contributed by atoms with Crippen LogP contribution in [-0.2, 0) is 0 Å². The minimum absolute atomic E-state index is 0.259. The van der Waals surface area contributed by atoms with Gasteiger partial charge in [-0.05, 0) is 54.8 Å². The van der Waals surface area contributed by atoms with Crippen LogP contribution in [0.4, 0.5) is 15.8 Å². The SMILES string of the molecule is CCCOc1cnc(C(=O)Nc2cc(-c3ccc(F)nc3)ccc2N)cc1C. The fourth-order valence-electron chi connectivity index (χ4n) is 2.61. The number of rotatable bonds is 6. The molecular formula is C21H21FN4O2. The number of nitrogens with one attached hydrogen (secondary N) is 1. The molecule has 2 aromatic heterocycles.